The van der Waals surface area contributed by atoms with Crippen molar-refractivity contribution < 1.29 is 38.3 Å². The molecule has 2 N–H and O–H groups in total. The van der Waals surface area contributed by atoms with Gasteiger partial charge < -0.3 is 29.6 Å². The zero-order chi connectivity index (χ0) is 31.8. The van der Waals surface area contributed by atoms with Gasteiger partial charge in [-0.05, 0) is 85.0 Å². The van der Waals surface area contributed by atoms with Crippen LogP contribution in [-0.2, 0) is 19.1 Å². The van der Waals surface area contributed by atoms with Gasteiger partial charge in [0.05, 0.1) is 28.0 Å². The van der Waals surface area contributed by atoms with Crippen LogP contribution in [0.2, 0.25) is 0 Å². The molecule has 0 spiro atoms. The van der Waals surface area contributed by atoms with Crippen LogP contribution in [0.15, 0.2) is 46.9 Å². The molecule has 2 aromatic carbocycles. The quantitative estimate of drug-likeness (QED) is 0.141. The van der Waals surface area contributed by atoms with Crippen LogP contribution < -0.4 is 20.1 Å². The number of aryl methyl sites for hydroxylation is 1. The highest BCUT2D eigenvalue weighted by Crippen LogP contribution is 2.46. The number of rotatable bonds is 12. The molecule has 3 aromatic rings. The number of thiophene rings is 1. The van der Waals surface area contributed by atoms with Crippen molar-refractivity contribution in [1.82, 2.24) is 5.32 Å². The van der Waals surface area contributed by atoms with E-state index >= 15 is 0 Å². The molecule has 1 fully saturated rings. The SMILES string of the molecule is CCOC(=O)COc1c(C(=O)OC)sc(-c2cccc(OC(C(=O)Nc3ccc(C)cc3[N+](=O)[O-])C3CCNCC3)c2)c1Br. The second-order valence-electron chi connectivity index (χ2n) is 9.91. The van der Waals surface area contributed by atoms with E-state index in [0.717, 1.165) is 11.3 Å². The fourth-order valence-corrected chi connectivity index (χ4v) is 6.71. The van der Waals surface area contributed by atoms with Gasteiger partial charge in [0.2, 0.25) is 0 Å². The maximum atomic E-state index is 13.6. The lowest BCUT2D eigenvalue weighted by Crippen LogP contribution is -2.44. The van der Waals surface area contributed by atoms with E-state index in [-0.39, 0.29) is 34.5 Å². The van der Waals surface area contributed by atoms with E-state index in [1.165, 1.54) is 19.2 Å². The zero-order valence-corrected chi connectivity index (χ0v) is 26.7. The van der Waals surface area contributed by atoms with Gasteiger partial charge in [0.1, 0.15) is 11.4 Å². The molecular formula is C30H32BrN3O9S. The third kappa shape index (κ3) is 7.92. The van der Waals surface area contributed by atoms with Crippen LogP contribution in [0.3, 0.4) is 0 Å². The predicted molar refractivity (Wildman–Crippen MR) is 167 cm³/mol. The minimum absolute atomic E-state index is 0.0927. The van der Waals surface area contributed by atoms with E-state index in [0.29, 0.717) is 52.2 Å². The van der Waals surface area contributed by atoms with Gasteiger partial charge in [0, 0.05) is 12.0 Å². The normalized spacial score (nSPS) is 13.9. The molecule has 0 bridgehead atoms. The van der Waals surface area contributed by atoms with Crippen LogP contribution in [-0.4, -0.2) is 62.3 Å². The van der Waals surface area contributed by atoms with Crippen molar-refractivity contribution in [2.45, 2.75) is 32.8 Å². The van der Waals surface area contributed by atoms with E-state index in [1.807, 2.05) is 0 Å². The van der Waals surface area contributed by atoms with Crippen molar-refractivity contribution in [1.29, 1.82) is 0 Å². The molecule has 0 radical (unpaired) electrons. The third-order valence-corrected chi connectivity index (χ3v) is 9.08. The van der Waals surface area contributed by atoms with Crippen LogP contribution in [0.5, 0.6) is 11.5 Å². The fourth-order valence-electron chi connectivity index (χ4n) is 4.74. The molecule has 1 atom stereocenters. The van der Waals surface area contributed by atoms with Crippen molar-refractivity contribution in [2.75, 3.05) is 38.7 Å². The Morgan fingerprint density at radius 1 is 1.18 bits per heavy atom. The number of ether oxygens (including phenoxy) is 4. The van der Waals surface area contributed by atoms with Gasteiger partial charge in [-0.1, -0.05) is 18.2 Å². The minimum atomic E-state index is -0.936. The standard InChI is InChI=1S/C30H32BrN3O9S/c1-4-41-23(35)16-42-26-24(31)27(44-28(26)30(37)40-3)19-6-5-7-20(15-19)43-25(18-10-12-32-13-11-18)29(36)33-21-9-8-17(2)14-22(21)34(38)39/h5-9,14-15,18,25,32H,4,10-13,16H2,1-3H3,(H,33,36). The van der Waals surface area contributed by atoms with Gasteiger partial charge in [-0.25, -0.2) is 9.59 Å². The summed E-state index contributed by atoms with van der Waals surface area (Å²) in [6, 6.07) is 11.6. The number of amides is 1. The smallest absolute Gasteiger partial charge is 0.351 e. The number of nitrogens with one attached hydrogen (secondary N) is 2. The summed E-state index contributed by atoms with van der Waals surface area (Å²) in [5, 5.41) is 17.7. The van der Waals surface area contributed by atoms with Crippen LogP contribution in [0.4, 0.5) is 11.4 Å². The Labute approximate surface area is 266 Å². The summed E-state index contributed by atoms with van der Waals surface area (Å²) in [6.07, 6.45) is 0.413. The Hall–Kier alpha value is -4.01. The molecule has 1 aromatic heterocycles. The van der Waals surface area contributed by atoms with Crippen LogP contribution in [0, 0.1) is 23.0 Å². The largest absolute Gasteiger partial charge is 0.480 e. The molecule has 44 heavy (non-hydrogen) atoms. The van der Waals surface area contributed by atoms with Crippen LogP contribution in [0.1, 0.15) is 35.0 Å². The number of esters is 2. The van der Waals surface area contributed by atoms with Crippen molar-refractivity contribution >= 4 is 56.5 Å². The van der Waals surface area contributed by atoms with E-state index < -0.39 is 35.5 Å². The first kappa shape index (κ1) is 32.9. The molecule has 1 saturated heterocycles. The van der Waals surface area contributed by atoms with E-state index in [9.17, 15) is 24.5 Å². The highest BCUT2D eigenvalue weighted by Gasteiger charge is 2.33. The van der Waals surface area contributed by atoms with Gasteiger partial charge in [0.15, 0.2) is 23.3 Å². The molecule has 1 aliphatic heterocycles. The number of nitrogens with zero attached hydrogens (tertiary/aromatic N) is 1. The first-order valence-electron chi connectivity index (χ1n) is 13.9. The molecule has 1 aliphatic rings. The summed E-state index contributed by atoms with van der Waals surface area (Å²) in [7, 11) is 1.25. The van der Waals surface area contributed by atoms with Gasteiger partial charge >= 0.3 is 11.9 Å². The van der Waals surface area contributed by atoms with E-state index in [1.54, 1.807) is 44.2 Å². The lowest BCUT2D eigenvalue weighted by molar-refractivity contribution is -0.384. The number of methoxy groups -OCH3 is 1. The molecular weight excluding hydrogens is 658 g/mol. The second-order valence-corrected chi connectivity index (χ2v) is 11.7. The summed E-state index contributed by atoms with van der Waals surface area (Å²) in [4.78, 5) is 50.0. The van der Waals surface area contributed by atoms with Gasteiger partial charge in [-0.2, -0.15) is 0 Å². The summed E-state index contributed by atoms with van der Waals surface area (Å²) < 4.78 is 22.3. The minimum Gasteiger partial charge on any atom is -0.480 e. The van der Waals surface area contributed by atoms with Gasteiger partial charge in [-0.3, -0.25) is 14.9 Å². The summed E-state index contributed by atoms with van der Waals surface area (Å²) in [6.45, 7) is 4.61. The average molecular weight is 691 g/mol. The monoisotopic (exact) mass is 689 g/mol. The van der Waals surface area contributed by atoms with Gasteiger partial charge in [0.25, 0.3) is 11.6 Å². The van der Waals surface area contributed by atoms with Crippen LogP contribution in [0.25, 0.3) is 10.4 Å². The lowest BCUT2D eigenvalue weighted by atomic mass is 9.91. The molecule has 1 unspecified atom stereocenters. The Balaban J connectivity index is 1.64. The number of hydrogen-bond acceptors (Lipinski definition) is 11. The predicted octanol–water partition coefficient (Wildman–Crippen LogP) is 5.51. The summed E-state index contributed by atoms with van der Waals surface area (Å²) in [5.74, 6) is -1.34. The van der Waals surface area contributed by atoms with Crippen molar-refractivity contribution in [2.24, 2.45) is 5.92 Å². The van der Waals surface area contributed by atoms with Crippen molar-refractivity contribution in [3.63, 3.8) is 0 Å². The first-order chi connectivity index (χ1) is 21.1. The Kier molecular flexibility index (Phi) is 11.3. The maximum Gasteiger partial charge on any atom is 0.351 e. The number of carbonyl (C=O) groups is 3. The van der Waals surface area contributed by atoms with Crippen LogP contribution >= 0.6 is 27.3 Å². The fraction of sp³-hybridized carbons (Fsp3) is 0.367. The maximum absolute atomic E-state index is 13.6. The number of piperidine rings is 1. The number of hydrogen-bond donors (Lipinski definition) is 2. The Bertz CT molecular complexity index is 1540. The third-order valence-electron chi connectivity index (χ3n) is 6.86. The van der Waals surface area contributed by atoms with E-state index in [2.05, 4.69) is 26.6 Å². The molecule has 4 rings (SSSR count). The topological polar surface area (TPSA) is 155 Å². The molecule has 14 heteroatoms. The molecule has 12 nitrogen and oxygen atoms in total. The number of benzene rings is 2. The number of carbonyl (C=O) groups excluding carboxylic acids is 3. The van der Waals surface area contributed by atoms with Crippen molar-refractivity contribution in [3.05, 3.63) is 67.5 Å². The number of halogens is 1. The second kappa shape index (κ2) is 15.1. The summed E-state index contributed by atoms with van der Waals surface area (Å²) >= 11 is 4.61. The lowest BCUT2D eigenvalue weighted by Gasteiger charge is -2.30. The summed E-state index contributed by atoms with van der Waals surface area (Å²) in [5.41, 5.74) is 1.24. The molecule has 0 saturated carbocycles. The van der Waals surface area contributed by atoms with E-state index in [4.69, 9.17) is 18.9 Å². The van der Waals surface area contributed by atoms with Gasteiger partial charge in [-0.15, -0.1) is 11.3 Å². The highest BCUT2D eigenvalue weighted by molar-refractivity contribution is 9.10. The average Bonchev–Trinajstić information content (AvgIpc) is 3.35. The highest BCUT2D eigenvalue weighted by atomic mass is 79.9. The Morgan fingerprint density at radius 3 is 2.61 bits per heavy atom. The van der Waals surface area contributed by atoms with Crippen molar-refractivity contribution in [3.8, 4) is 21.9 Å². The Morgan fingerprint density at radius 2 is 1.93 bits per heavy atom. The molecule has 0 aliphatic carbocycles. The first-order valence-corrected chi connectivity index (χ1v) is 15.5. The molecule has 1 amide bonds. The molecule has 234 valence electrons. The molecule has 2 heterocycles. The number of nitro benzene ring substituents is 1. The zero-order valence-electron chi connectivity index (χ0n) is 24.3. The number of nitro groups is 1. The number of anilines is 1.